The van der Waals surface area contributed by atoms with Crippen LogP contribution in [-0.2, 0) is 20.9 Å². The molecule has 23 heavy (non-hydrogen) atoms. The molecule has 0 aromatic heterocycles. The number of rotatable bonds is 6. The van der Waals surface area contributed by atoms with Crippen LogP contribution in [0.5, 0.6) is 0 Å². The summed E-state index contributed by atoms with van der Waals surface area (Å²) in [6, 6.07) is 8.61. The van der Waals surface area contributed by atoms with Crippen molar-refractivity contribution in [2.75, 3.05) is 0 Å². The second-order valence-corrected chi connectivity index (χ2v) is 6.10. The molecular formula is C18H25NO4. The van der Waals surface area contributed by atoms with Gasteiger partial charge in [-0.3, -0.25) is 0 Å². The zero-order valence-corrected chi connectivity index (χ0v) is 14.2. The summed E-state index contributed by atoms with van der Waals surface area (Å²) in [5.41, 5.74) is 0.270. The molecule has 0 heterocycles. The van der Waals surface area contributed by atoms with Gasteiger partial charge in [-0.05, 0) is 39.7 Å². The van der Waals surface area contributed by atoms with Crippen molar-refractivity contribution in [1.29, 1.82) is 0 Å². The van der Waals surface area contributed by atoms with E-state index in [2.05, 4.69) is 5.32 Å². The van der Waals surface area contributed by atoms with Crippen LogP contribution in [0.4, 0.5) is 4.79 Å². The van der Waals surface area contributed by atoms with Crippen LogP contribution >= 0.6 is 0 Å². The van der Waals surface area contributed by atoms with E-state index < -0.39 is 23.7 Å². The van der Waals surface area contributed by atoms with E-state index in [0.717, 1.165) is 5.56 Å². The van der Waals surface area contributed by atoms with Crippen LogP contribution in [0.1, 0.15) is 39.7 Å². The van der Waals surface area contributed by atoms with Gasteiger partial charge in [0.1, 0.15) is 18.2 Å². The van der Waals surface area contributed by atoms with Gasteiger partial charge in [-0.15, -0.1) is 0 Å². The predicted octanol–water partition coefficient (Wildman–Crippen LogP) is 3.59. The van der Waals surface area contributed by atoms with E-state index in [0.29, 0.717) is 6.42 Å². The molecule has 1 aromatic rings. The lowest BCUT2D eigenvalue weighted by Gasteiger charge is -2.22. The molecule has 5 nitrogen and oxygen atoms in total. The third-order valence-corrected chi connectivity index (χ3v) is 2.81. The van der Waals surface area contributed by atoms with Crippen molar-refractivity contribution in [2.24, 2.45) is 0 Å². The Morgan fingerprint density at radius 3 is 2.43 bits per heavy atom. The topological polar surface area (TPSA) is 64.6 Å². The number of carbonyl (C=O) groups is 2. The molecule has 0 fully saturated rings. The summed E-state index contributed by atoms with van der Waals surface area (Å²) in [5, 5.41) is 2.56. The van der Waals surface area contributed by atoms with Crippen molar-refractivity contribution in [3.8, 4) is 0 Å². The van der Waals surface area contributed by atoms with Crippen LogP contribution in [0, 0.1) is 0 Å². The average molecular weight is 319 g/mol. The minimum Gasteiger partial charge on any atom is -0.459 e. The van der Waals surface area contributed by atoms with Gasteiger partial charge in [0.2, 0.25) is 0 Å². The maximum Gasteiger partial charge on any atom is 0.408 e. The summed E-state index contributed by atoms with van der Waals surface area (Å²) >= 11 is 0. The zero-order chi connectivity index (χ0) is 17.3. The number of alkyl carbamates (subject to hydrolysis) is 1. The Kier molecular flexibility index (Phi) is 7.32. The van der Waals surface area contributed by atoms with Gasteiger partial charge in [0.25, 0.3) is 0 Å². The molecule has 0 saturated heterocycles. The Labute approximate surface area is 137 Å². The van der Waals surface area contributed by atoms with Crippen LogP contribution < -0.4 is 5.32 Å². The van der Waals surface area contributed by atoms with E-state index in [4.69, 9.17) is 9.47 Å². The highest BCUT2D eigenvalue weighted by atomic mass is 16.6. The van der Waals surface area contributed by atoms with Crippen molar-refractivity contribution >= 4 is 12.1 Å². The molecule has 0 aliphatic carbocycles. The van der Waals surface area contributed by atoms with Gasteiger partial charge in [-0.25, -0.2) is 9.59 Å². The summed E-state index contributed by atoms with van der Waals surface area (Å²) in [6.45, 7) is 7.31. The fourth-order valence-corrected chi connectivity index (χ4v) is 1.77. The first-order valence-corrected chi connectivity index (χ1v) is 7.63. The molecule has 1 unspecified atom stereocenters. The van der Waals surface area contributed by atoms with Gasteiger partial charge >= 0.3 is 12.1 Å². The number of carbonyl (C=O) groups excluding carboxylic acids is 2. The molecule has 1 rings (SSSR count). The lowest BCUT2D eigenvalue weighted by molar-refractivity contribution is -0.147. The maximum atomic E-state index is 12.2. The van der Waals surface area contributed by atoms with E-state index in [1.165, 1.54) is 0 Å². The van der Waals surface area contributed by atoms with E-state index in [1.54, 1.807) is 26.8 Å². The molecule has 1 atom stereocenters. The molecule has 0 saturated carbocycles. The first-order chi connectivity index (χ1) is 10.8. The third-order valence-electron chi connectivity index (χ3n) is 2.81. The van der Waals surface area contributed by atoms with Crippen LogP contribution in [-0.4, -0.2) is 23.7 Å². The van der Waals surface area contributed by atoms with Gasteiger partial charge in [0, 0.05) is 0 Å². The monoisotopic (exact) mass is 319 g/mol. The molecule has 1 aromatic carbocycles. The number of amides is 1. The highest BCUT2D eigenvalue weighted by Gasteiger charge is 2.24. The predicted molar refractivity (Wildman–Crippen MR) is 88.8 cm³/mol. The minimum atomic E-state index is -0.773. The van der Waals surface area contributed by atoms with Crippen molar-refractivity contribution in [2.45, 2.75) is 52.4 Å². The molecule has 0 radical (unpaired) electrons. The molecule has 5 heteroatoms. The number of hydrogen-bond acceptors (Lipinski definition) is 4. The van der Waals surface area contributed by atoms with Crippen molar-refractivity contribution in [3.63, 3.8) is 0 Å². The number of esters is 1. The molecule has 1 amide bonds. The summed E-state index contributed by atoms with van der Waals surface area (Å²) < 4.78 is 10.5. The quantitative estimate of drug-likeness (QED) is 0.643. The Balaban J connectivity index is 2.61. The van der Waals surface area contributed by atoms with E-state index in [9.17, 15) is 9.59 Å². The summed E-state index contributed by atoms with van der Waals surface area (Å²) in [6.07, 6.45) is 3.33. The van der Waals surface area contributed by atoms with Crippen molar-refractivity contribution in [3.05, 3.63) is 48.0 Å². The van der Waals surface area contributed by atoms with Crippen LogP contribution in [0.25, 0.3) is 0 Å². The van der Waals surface area contributed by atoms with Gasteiger partial charge in [0.05, 0.1) is 0 Å². The number of hydrogen-bond donors (Lipinski definition) is 1. The van der Waals surface area contributed by atoms with E-state index >= 15 is 0 Å². The second-order valence-electron chi connectivity index (χ2n) is 6.10. The Morgan fingerprint density at radius 2 is 1.87 bits per heavy atom. The highest BCUT2D eigenvalue weighted by molar-refractivity contribution is 5.81. The molecule has 0 spiro atoms. The highest BCUT2D eigenvalue weighted by Crippen LogP contribution is 2.09. The van der Waals surface area contributed by atoms with Gasteiger partial charge < -0.3 is 14.8 Å². The van der Waals surface area contributed by atoms with E-state index in [-0.39, 0.29) is 6.61 Å². The molecule has 1 N–H and O–H groups in total. The first kappa shape index (κ1) is 18.7. The first-order valence-electron chi connectivity index (χ1n) is 7.63. The standard InChI is InChI=1S/C18H25NO4/c1-5-6-12-15(19-17(21)23-18(2,3)4)16(20)22-13-14-10-8-7-9-11-14/h5-11,15H,12-13H2,1-4H3,(H,19,21). The number of benzene rings is 1. The van der Waals surface area contributed by atoms with Crippen LogP contribution in [0.2, 0.25) is 0 Å². The van der Waals surface area contributed by atoms with Crippen molar-refractivity contribution in [1.82, 2.24) is 5.32 Å². The zero-order valence-electron chi connectivity index (χ0n) is 14.2. The lowest BCUT2D eigenvalue weighted by atomic mass is 10.2. The van der Waals surface area contributed by atoms with Gasteiger partial charge in [-0.2, -0.15) is 0 Å². The number of ether oxygens (including phenoxy) is 2. The average Bonchev–Trinajstić information content (AvgIpc) is 2.48. The van der Waals surface area contributed by atoms with Crippen LogP contribution in [0.3, 0.4) is 0 Å². The molecule has 0 aliphatic rings. The van der Waals surface area contributed by atoms with E-state index in [1.807, 2.05) is 43.3 Å². The fraction of sp³-hybridized carbons (Fsp3) is 0.444. The lowest BCUT2D eigenvalue weighted by Crippen LogP contribution is -2.44. The summed E-state index contributed by atoms with van der Waals surface area (Å²) in [4.78, 5) is 24.0. The largest absolute Gasteiger partial charge is 0.459 e. The number of allylic oxidation sites excluding steroid dienone is 1. The van der Waals surface area contributed by atoms with Gasteiger partial charge in [0.15, 0.2) is 0 Å². The van der Waals surface area contributed by atoms with Crippen molar-refractivity contribution < 1.29 is 19.1 Å². The van der Waals surface area contributed by atoms with Gasteiger partial charge in [-0.1, -0.05) is 42.5 Å². The number of nitrogens with one attached hydrogen (secondary N) is 1. The second kappa shape index (κ2) is 8.98. The minimum absolute atomic E-state index is 0.169. The normalized spacial score (nSPS) is 12.7. The summed E-state index contributed by atoms with van der Waals surface area (Å²) in [7, 11) is 0. The molecule has 126 valence electrons. The Morgan fingerprint density at radius 1 is 1.22 bits per heavy atom. The molecule has 0 bridgehead atoms. The smallest absolute Gasteiger partial charge is 0.408 e. The maximum absolute atomic E-state index is 12.2. The summed E-state index contributed by atoms with van der Waals surface area (Å²) in [5.74, 6) is -0.488. The molecular weight excluding hydrogens is 294 g/mol. The Hall–Kier alpha value is -2.30. The van der Waals surface area contributed by atoms with Crippen LogP contribution in [0.15, 0.2) is 42.5 Å². The Bertz CT molecular complexity index is 532. The fourth-order valence-electron chi connectivity index (χ4n) is 1.77. The molecule has 0 aliphatic heterocycles. The SMILES string of the molecule is CC=CCC(NC(=O)OC(C)(C)C)C(=O)OCc1ccccc1. The third kappa shape index (κ3) is 8.04.